The lowest BCUT2D eigenvalue weighted by molar-refractivity contribution is -0.129. The number of benzene rings is 2. The molecule has 2 fully saturated rings. The van der Waals surface area contributed by atoms with Gasteiger partial charge in [-0.2, -0.15) is 0 Å². The van der Waals surface area contributed by atoms with E-state index < -0.39 is 5.92 Å². The number of fused-ring (bicyclic) bond motifs is 2. The van der Waals surface area contributed by atoms with Crippen molar-refractivity contribution in [1.82, 2.24) is 10.2 Å². The predicted octanol–water partition coefficient (Wildman–Crippen LogP) is 4.05. The highest BCUT2D eigenvalue weighted by molar-refractivity contribution is 8.14. The Morgan fingerprint density at radius 1 is 0.967 bits per heavy atom. The second-order valence-corrected chi connectivity index (χ2v) is 8.82. The fourth-order valence-electron chi connectivity index (χ4n) is 4.73. The lowest BCUT2D eigenvalue weighted by Gasteiger charge is -2.38. The van der Waals surface area contributed by atoms with Crippen molar-refractivity contribution in [2.45, 2.75) is 43.7 Å². The van der Waals surface area contributed by atoms with Gasteiger partial charge in [0.15, 0.2) is 0 Å². The molecule has 0 aromatic heterocycles. The largest absolute Gasteiger partial charge is 0.457 e. The third-order valence-corrected chi connectivity index (χ3v) is 6.95. The van der Waals surface area contributed by atoms with Crippen molar-refractivity contribution in [3.8, 4) is 11.5 Å². The van der Waals surface area contributed by atoms with Crippen LogP contribution in [0.25, 0.3) is 0 Å². The van der Waals surface area contributed by atoms with Crippen molar-refractivity contribution < 1.29 is 19.1 Å². The summed E-state index contributed by atoms with van der Waals surface area (Å²) in [6, 6.07) is 14.6. The standard InChI is InChI=1S/C23H22N2O4S/c26-20-13-30-23(28)25(20)17-10-4-3-9-16(17)24-22(27)21-14-7-1-5-11-18(14)29-19-12-6-2-8-15(19)21/h1-2,5-8,11-12,16-17,21H,3-4,9-10,13H2,(H,24,27)/t16-,17-/m1/s1. The maximum absolute atomic E-state index is 13.6. The van der Waals surface area contributed by atoms with E-state index in [0.29, 0.717) is 11.5 Å². The van der Waals surface area contributed by atoms with Gasteiger partial charge in [0.25, 0.3) is 5.24 Å². The zero-order valence-corrected chi connectivity index (χ0v) is 17.2. The van der Waals surface area contributed by atoms with E-state index >= 15 is 0 Å². The van der Waals surface area contributed by atoms with Crippen LogP contribution in [0.2, 0.25) is 0 Å². The summed E-state index contributed by atoms with van der Waals surface area (Å²) in [5.41, 5.74) is 1.65. The molecule has 5 rings (SSSR count). The van der Waals surface area contributed by atoms with Crippen molar-refractivity contribution in [3.05, 3.63) is 59.7 Å². The zero-order chi connectivity index (χ0) is 20.7. The molecule has 0 bridgehead atoms. The van der Waals surface area contributed by atoms with Crippen molar-refractivity contribution in [1.29, 1.82) is 0 Å². The number of nitrogens with zero attached hydrogens (tertiary/aromatic N) is 1. The monoisotopic (exact) mass is 422 g/mol. The number of hydrogen-bond acceptors (Lipinski definition) is 5. The van der Waals surface area contributed by atoms with E-state index in [1.807, 2.05) is 48.5 Å². The molecule has 30 heavy (non-hydrogen) atoms. The van der Waals surface area contributed by atoms with Crippen LogP contribution >= 0.6 is 11.8 Å². The van der Waals surface area contributed by atoms with E-state index in [1.54, 1.807) is 0 Å². The summed E-state index contributed by atoms with van der Waals surface area (Å²) in [5.74, 6) is 0.778. The Balaban J connectivity index is 1.45. The van der Waals surface area contributed by atoms with Crippen LogP contribution in [0.15, 0.2) is 48.5 Å². The van der Waals surface area contributed by atoms with E-state index in [9.17, 15) is 14.4 Å². The Morgan fingerprint density at radius 3 is 2.23 bits per heavy atom. The van der Waals surface area contributed by atoms with Gasteiger partial charge in [0.05, 0.1) is 17.7 Å². The van der Waals surface area contributed by atoms with Gasteiger partial charge >= 0.3 is 0 Å². The lowest BCUT2D eigenvalue weighted by Crippen LogP contribution is -2.55. The normalized spacial score (nSPS) is 23.5. The molecule has 2 aromatic carbocycles. The summed E-state index contributed by atoms with van der Waals surface area (Å²) in [6.07, 6.45) is 3.39. The molecule has 7 heteroatoms. The molecule has 0 spiro atoms. The van der Waals surface area contributed by atoms with Crippen molar-refractivity contribution in [2.24, 2.45) is 0 Å². The molecule has 2 aromatic rings. The quantitative estimate of drug-likeness (QED) is 0.808. The molecular weight excluding hydrogens is 400 g/mol. The molecule has 6 nitrogen and oxygen atoms in total. The number of rotatable bonds is 3. The van der Waals surface area contributed by atoms with Crippen LogP contribution in [-0.4, -0.2) is 39.8 Å². The summed E-state index contributed by atoms with van der Waals surface area (Å²) < 4.78 is 6.00. The molecule has 1 N–H and O–H groups in total. The van der Waals surface area contributed by atoms with Crippen LogP contribution in [0.1, 0.15) is 42.7 Å². The second kappa shape index (κ2) is 7.80. The van der Waals surface area contributed by atoms with Gasteiger partial charge < -0.3 is 10.1 Å². The van der Waals surface area contributed by atoms with Crippen LogP contribution in [0.5, 0.6) is 11.5 Å². The number of thioether (sulfide) groups is 1. The fraction of sp³-hybridized carbons (Fsp3) is 0.348. The van der Waals surface area contributed by atoms with Crippen molar-refractivity contribution in [3.63, 3.8) is 0 Å². The van der Waals surface area contributed by atoms with E-state index in [1.165, 1.54) is 4.90 Å². The Kier molecular flexibility index (Phi) is 4.98. The Labute approximate surface area is 179 Å². The number of amides is 3. The number of ether oxygens (including phenoxy) is 1. The van der Waals surface area contributed by atoms with Crippen LogP contribution in [0.4, 0.5) is 4.79 Å². The molecule has 2 heterocycles. The summed E-state index contributed by atoms with van der Waals surface area (Å²) in [7, 11) is 0. The van der Waals surface area contributed by atoms with Gasteiger partial charge in [-0.3, -0.25) is 19.3 Å². The van der Waals surface area contributed by atoms with Gasteiger partial charge in [-0.1, -0.05) is 61.0 Å². The third-order valence-electron chi connectivity index (χ3n) is 6.12. The molecule has 0 radical (unpaired) electrons. The number of hydrogen-bond donors (Lipinski definition) is 1. The molecule has 3 amide bonds. The number of para-hydroxylation sites is 2. The molecule has 3 aliphatic rings. The minimum atomic E-state index is -0.493. The highest BCUT2D eigenvalue weighted by Gasteiger charge is 2.42. The molecule has 1 aliphatic carbocycles. The van der Waals surface area contributed by atoms with Gasteiger partial charge in [-0.05, 0) is 25.0 Å². The molecule has 0 unspecified atom stereocenters. The summed E-state index contributed by atoms with van der Waals surface area (Å²) in [6.45, 7) is 0. The first-order valence-corrected chi connectivity index (χ1v) is 11.3. The van der Waals surface area contributed by atoms with Crippen LogP contribution in [-0.2, 0) is 9.59 Å². The Hall–Kier alpha value is -2.80. The second-order valence-electron chi connectivity index (χ2n) is 7.90. The summed E-state index contributed by atoms with van der Waals surface area (Å²) in [4.78, 5) is 39.5. The third kappa shape index (κ3) is 3.27. The highest BCUT2D eigenvalue weighted by Crippen LogP contribution is 2.44. The van der Waals surface area contributed by atoms with Gasteiger partial charge in [-0.25, -0.2) is 0 Å². The zero-order valence-electron chi connectivity index (χ0n) is 16.4. The first-order valence-electron chi connectivity index (χ1n) is 10.3. The predicted molar refractivity (Wildman–Crippen MR) is 114 cm³/mol. The van der Waals surface area contributed by atoms with E-state index in [2.05, 4.69) is 5.32 Å². The Morgan fingerprint density at radius 2 is 1.60 bits per heavy atom. The summed E-state index contributed by atoms with van der Waals surface area (Å²) in [5, 5.41) is 2.99. The number of imide groups is 1. The lowest BCUT2D eigenvalue weighted by atomic mass is 9.85. The van der Waals surface area contributed by atoms with E-state index in [-0.39, 0.29) is 34.9 Å². The minimum Gasteiger partial charge on any atom is -0.457 e. The van der Waals surface area contributed by atoms with Crippen LogP contribution in [0, 0.1) is 0 Å². The van der Waals surface area contributed by atoms with Crippen molar-refractivity contribution >= 4 is 28.8 Å². The molecule has 1 saturated heterocycles. The highest BCUT2D eigenvalue weighted by atomic mass is 32.2. The van der Waals surface area contributed by atoms with Gasteiger partial charge in [-0.15, -0.1) is 0 Å². The number of carbonyl (C=O) groups is 3. The first-order chi connectivity index (χ1) is 14.6. The van der Waals surface area contributed by atoms with Gasteiger partial charge in [0.2, 0.25) is 11.8 Å². The maximum Gasteiger partial charge on any atom is 0.289 e. The number of nitrogens with one attached hydrogen (secondary N) is 1. The SMILES string of the molecule is O=C(N[C@@H]1CCCC[C@H]1N1C(=O)CSC1=O)C1c2ccccc2Oc2ccccc21. The van der Waals surface area contributed by atoms with Crippen LogP contribution in [0.3, 0.4) is 0 Å². The number of carbonyl (C=O) groups excluding carboxylic acids is 3. The molecule has 154 valence electrons. The average molecular weight is 423 g/mol. The van der Waals surface area contributed by atoms with E-state index in [4.69, 9.17) is 4.74 Å². The first kappa shape index (κ1) is 19.2. The van der Waals surface area contributed by atoms with Crippen molar-refractivity contribution in [2.75, 3.05) is 5.75 Å². The maximum atomic E-state index is 13.6. The molecule has 2 atom stereocenters. The van der Waals surface area contributed by atoms with Gasteiger partial charge in [0, 0.05) is 17.2 Å². The van der Waals surface area contributed by atoms with Gasteiger partial charge in [0.1, 0.15) is 11.5 Å². The smallest absolute Gasteiger partial charge is 0.289 e. The average Bonchev–Trinajstić information content (AvgIpc) is 3.10. The minimum absolute atomic E-state index is 0.123. The fourth-order valence-corrected chi connectivity index (χ4v) is 5.49. The molecule has 2 aliphatic heterocycles. The summed E-state index contributed by atoms with van der Waals surface area (Å²) >= 11 is 1.05. The van der Waals surface area contributed by atoms with Crippen LogP contribution < -0.4 is 10.1 Å². The van der Waals surface area contributed by atoms with E-state index in [0.717, 1.165) is 48.6 Å². The topological polar surface area (TPSA) is 75.7 Å². The molecule has 1 saturated carbocycles. The Bertz CT molecular complexity index is 962. The molecular formula is C23H22N2O4S.